The zero-order valence-corrected chi connectivity index (χ0v) is 32.8. The maximum atomic E-state index is 8.96. The number of pyridine rings is 2. The van der Waals surface area contributed by atoms with Gasteiger partial charge in [-0.05, 0) is 82.4 Å². The molecule has 8 aromatic rings. The predicted molar refractivity (Wildman–Crippen MR) is 208 cm³/mol. The number of nitrogens with zero attached hydrogens (tertiary/aromatic N) is 5. The average Bonchev–Trinajstić information content (AvgIpc) is 3.81. The molecule has 8 rings (SSSR count). The monoisotopic (exact) mass is 875 g/mol. The van der Waals surface area contributed by atoms with Gasteiger partial charge in [0.2, 0.25) is 0 Å². The summed E-state index contributed by atoms with van der Waals surface area (Å²) in [6, 6.07) is 41.9. The molecule has 7 heteroatoms. The molecule has 0 aliphatic carbocycles. The third-order valence-corrected chi connectivity index (χ3v) is 9.66. The van der Waals surface area contributed by atoms with Crippen LogP contribution < -0.4 is 9.30 Å². The van der Waals surface area contributed by atoms with E-state index >= 15 is 0 Å². The fourth-order valence-corrected chi connectivity index (χ4v) is 6.81. The Labute approximate surface area is 327 Å². The topological polar surface area (TPSA) is 48.8 Å². The molecule has 0 radical (unpaired) electrons. The molecule has 0 aliphatic rings. The van der Waals surface area contributed by atoms with Gasteiger partial charge < -0.3 is 18.9 Å². The van der Waals surface area contributed by atoms with Gasteiger partial charge in [0.05, 0.1) is 5.69 Å². The molecule has 0 amide bonds. The molecule has 4 aromatic heterocycles. The Hall–Kier alpha value is -5.32. The number of hydrogen-bond acceptors (Lipinski definition) is 3. The molecule has 0 fully saturated rings. The van der Waals surface area contributed by atoms with Gasteiger partial charge in [-0.15, -0.1) is 23.6 Å². The second-order valence-electron chi connectivity index (χ2n) is 14.0. The Kier molecular flexibility index (Phi) is 9.81. The van der Waals surface area contributed by atoms with Crippen LogP contribution in [0, 0.1) is 18.5 Å². The SMILES string of the molecule is [2H]C(CC)(CC)c1cccc(-[n+]2[c-]n(-c3[c-]c(Oc4[c-]c5c(cc4)c4ccccc4n5-c4cc(C(C)(C)C)ccn4)c(-c4ccccc4)nc3)cc2)c1.[Pt]. The first-order valence-corrected chi connectivity index (χ1v) is 17.9. The van der Waals surface area contributed by atoms with Gasteiger partial charge in [-0.3, -0.25) is 4.57 Å². The molecule has 0 N–H and O–H groups in total. The van der Waals surface area contributed by atoms with Crippen molar-refractivity contribution in [2.24, 2.45) is 0 Å². The Morgan fingerprint density at radius 2 is 1.64 bits per heavy atom. The summed E-state index contributed by atoms with van der Waals surface area (Å²) in [4.78, 5) is 9.73. The summed E-state index contributed by atoms with van der Waals surface area (Å²) >= 11 is 0. The van der Waals surface area contributed by atoms with Crippen molar-refractivity contribution in [3.8, 4) is 39.9 Å². The van der Waals surface area contributed by atoms with E-state index in [0.717, 1.165) is 57.3 Å². The van der Waals surface area contributed by atoms with Crippen LogP contribution in [-0.2, 0) is 26.5 Å². The normalized spacial score (nSPS) is 12.1. The standard InChI is InChI=1S/C46H41N5O.Pt/c1-6-32(7-2)34-16-13-17-36(26-34)49-24-25-50(31-49)37-28-43(45(48-30-37)33-14-9-8-10-15-33)52-38-20-21-40-39-18-11-12-19-41(39)51(42(40)29-38)44-27-35(22-23-47-44)46(3,4)5;/h8-27,30,32H,6-7H2,1-5H3;/q-2;/i32D;. The molecule has 0 aliphatic heterocycles. The van der Waals surface area contributed by atoms with E-state index in [1.807, 2.05) is 82.3 Å². The van der Waals surface area contributed by atoms with E-state index < -0.39 is 5.89 Å². The fourth-order valence-electron chi connectivity index (χ4n) is 6.81. The number of para-hydroxylation sites is 1. The molecule has 53 heavy (non-hydrogen) atoms. The van der Waals surface area contributed by atoms with Gasteiger partial charge in [0.25, 0.3) is 6.33 Å². The second kappa shape index (κ2) is 15.0. The van der Waals surface area contributed by atoms with Crippen LogP contribution in [0.15, 0.2) is 128 Å². The van der Waals surface area contributed by atoms with Gasteiger partial charge in [0.1, 0.15) is 5.82 Å². The van der Waals surface area contributed by atoms with Crippen molar-refractivity contribution in [2.45, 2.75) is 58.8 Å². The van der Waals surface area contributed by atoms with E-state index in [4.69, 9.17) is 16.1 Å². The summed E-state index contributed by atoms with van der Waals surface area (Å²) in [6.07, 6.45) is 12.4. The van der Waals surface area contributed by atoms with Crippen LogP contribution in [-0.4, -0.2) is 19.1 Å². The van der Waals surface area contributed by atoms with Gasteiger partial charge in [-0.25, -0.2) is 4.98 Å². The third kappa shape index (κ3) is 7.09. The van der Waals surface area contributed by atoms with Crippen molar-refractivity contribution in [2.75, 3.05) is 0 Å². The van der Waals surface area contributed by atoms with Crippen LogP contribution in [0.2, 0.25) is 0 Å². The minimum Gasteiger partial charge on any atom is -0.508 e. The molecule has 0 saturated heterocycles. The Morgan fingerprint density at radius 1 is 0.849 bits per heavy atom. The van der Waals surface area contributed by atoms with Gasteiger partial charge in [0.15, 0.2) is 0 Å². The summed E-state index contributed by atoms with van der Waals surface area (Å²) < 4.78 is 21.6. The van der Waals surface area contributed by atoms with Gasteiger partial charge >= 0.3 is 0 Å². The number of benzene rings is 4. The van der Waals surface area contributed by atoms with Gasteiger partial charge in [0, 0.05) is 58.0 Å². The fraction of sp³-hybridized carbons (Fsp3) is 0.196. The molecular weight excluding hydrogens is 834 g/mol. The Balaban J connectivity index is 0.00000450. The van der Waals surface area contributed by atoms with Crippen molar-refractivity contribution in [1.82, 2.24) is 19.1 Å². The number of rotatable bonds is 9. The predicted octanol–water partition coefficient (Wildman–Crippen LogP) is 10.7. The number of ether oxygens (including phenoxy) is 1. The van der Waals surface area contributed by atoms with Gasteiger partial charge in [-0.2, -0.15) is 6.07 Å². The van der Waals surface area contributed by atoms with Crippen LogP contribution in [0.3, 0.4) is 0 Å². The quantitative estimate of drug-likeness (QED) is 0.107. The van der Waals surface area contributed by atoms with Crippen LogP contribution in [0.5, 0.6) is 11.5 Å². The average molecular weight is 876 g/mol. The Bertz CT molecular complexity index is 2580. The maximum absolute atomic E-state index is 8.96. The first kappa shape index (κ1) is 34.7. The van der Waals surface area contributed by atoms with Crippen molar-refractivity contribution in [3.05, 3.63) is 158 Å². The summed E-state index contributed by atoms with van der Waals surface area (Å²) in [5, 5.41) is 2.18. The second-order valence-corrected chi connectivity index (χ2v) is 14.0. The van der Waals surface area contributed by atoms with E-state index in [9.17, 15) is 0 Å². The van der Waals surface area contributed by atoms with Crippen LogP contribution >= 0.6 is 0 Å². The maximum Gasteiger partial charge on any atom is 0.267 e. The van der Waals surface area contributed by atoms with Crippen LogP contribution in [0.25, 0.3) is 50.3 Å². The number of hydrogen-bond donors (Lipinski definition) is 0. The molecule has 6 nitrogen and oxygen atoms in total. The summed E-state index contributed by atoms with van der Waals surface area (Å²) in [7, 11) is 0. The van der Waals surface area contributed by atoms with E-state index in [0.29, 0.717) is 22.9 Å². The largest absolute Gasteiger partial charge is 0.508 e. The first-order valence-electron chi connectivity index (χ1n) is 18.4. The molecule has 4 aromatic carbocycles. The number of imidazole rings is 1. The molecule has 0 atom stereocenters. The molecular formula is C46H41N5OPt-2. The first-order chi connectivity index (χ1) is 25.6. The van der Waals surface area contributed by atoms with E-state index in [1.54, 1.807) is 6.20 Å². The zero-order chi connectivity index (χ0) is 36.7. The molecule has 4 heterocycles. The van der Waals surface area contributed by atoms with Crippen LogP contribution in [0.1, 0.15) is 65.9 Å². The summed E-state index contributed by atoms with van der Waals surface area (Å²) in [6.45, 7) is 10.8. The molecule has 0 saturated carbocycles. The molecule has 268 valence electrons. The Morgan fingerprint density at radius 3 is 2.43 bits per heavy atom. The van der Waals surface area contributed by atoms with Crippen molar-refractivity contribution in [3.63, 3.8) is 0 Å². The smallest absolute Gasteiger partial charge is 0.267 e. The zero-order valence-electron chi connectivity index (χ0n) is 31.5. The van der Waals surface area contributed by atoms with Crippen molar-refractivity contribution >= 4 is 21.8 Å². The molecule has 0 unspecified atom stereocenters. The van der Waals surface area contributed by atoms with Crippen molar-refractivity contribution in [1.29, 1.82) is 0 Å². The minimum atomic E-state index is -0.627. The van der Waals surface area contributed by atoms with E-state index in [1.165, 1.54) is 5.56 Å². The number of fused-ring (bicyclic) bond motifs is 3. The molecule has 0 bridgehead atoms. The minimum absolute atomic E-state index is 0. The van der Waals surface area contributed by atoms with Crippen LogP contribution in [0.4, 0.5) is 0 Å². The third-order valence-electron chi connectivity index (χ3n) is 9.66. The van der Waals surface area contributed by atoms with E-state index in [-0.39, 0.29) is 26.5 Å². The summed E-state index contributed by atoms with van der Waals surface area (Å²) in [5.74, 6) is 1.21. The van der Waals surface area contributed by atoms with E-state index in [2.05, 4.69) is 106 Å². The van der Waals surface area contributed by atoms with Crippen molar-refractivity contribution < 1.29 is 31.7 Å². The van der Waals surface area contributed by atoms with Gasteiger partial charge in [-0.1, -0.05) is 113 Å². The molecule has 0 spiro atoms. The summed E-state index contributed by atoms with van der Waals surface area (Å²) in [5.41, 5.74) is 7.28. The number of aromatic nitrogens is 5.